The van der Waals surface area contributed by atoms with Gasteiger partial charge in [-0.2, -0.15) is 0 Å². The Morgan fingerprint density at radius 2 is 2.00 bits per heavy atom. The van der Waals surface area contributed by atoms with Crippen molar-refractivity contribution in [3.05, 3.63) is 0 Å². The molecule has 2 aliphatic rings. The molecule has 4 heteroatoms. The lowest BCUT2D eigenvalue weighted by molar-refractivity contribution is -0.124. The molecule has 2 atom stereocenters. The lowest BCUT2D eigenvalue weighted by atomic mass is 9.94. The van der Waals surface area contributed by atoms with Gasteiger partial charge in [-0.25, -0.2) is 0 Å². The van der Waals surface area contributed by atoms with Crippen LogP contribution in [0.2, 0.25) is 0 Å². The number of methoxy groups -OCH3 is 2. The van der Waals surface area contributed by atoms with Crippen molar-refractivity contribution in [1.29, 1.82) is 0 Å². The van der Waals surface area contributed by atoms with Gasteiger partial charge in [-0.05, 0) is 38.8 Å². The maximum atomic E-state index is 5.33. The van der Waals surface area contributed by atoms with Crippen molar-refractivity contribution in [3.63, 3.8) is 0 Å². The summed E-state index contributed by atoms with van der Waals surface area (Å²) in [5, 5.41) is 3.64. The van der Waals surface area contributed by atoms with Gasteiger partial charge < -0.3 is 14.8 Å². The summed E-state index contributed by atoms with van der Waals surface area (Å²) in [4.78, 5) is 2.56. The number of piperidine rings is 1. The third kappa shape index (κ3) is 3.41. The number of likely N-dealkylation sites (tertiary alicyclic amines) is 1. The predicted molar refractivity (Wildman–Crippen MR) is 68.0 cm³/mol. The first-order valence-electron chi connectivity index (χ1n) is 6.88. The first kappa shape index (κ1) is 13.3. The number of hydrogen-bond donors (Lipinski definition) is 1. The fourth-order valence-electron chi connectivity index (χ4n) is 3.18. The van der Waals surface area contributed by atoms with Gasteiger partial charge in [-0.1, -0.05) is 6.42 Å². The first-order chi connectivity index (χ1) is 8.35. The highest BCUT2D eigenvalue weighted by atomic mass is 16.7. The normalized spacial score (nSPS) is 31.2. The molecule has 2 fully saturated rings. The predicted octanol–water partition coefficient (Wildman–Crippen LogP) is 1.21. The molecule has 4 nitrogen and oxygen atoms in total. The van der Waals surface area contributed by atoms with Crippen LogP contribution in [-0.2, 0) is 9.47 Å². The molecule has 0 amide bonds. The van der Waals surface area contributed by atoms with Crippen LogP contribution < -0.4 is 5.32 Å². The van der Waals surface area contributed by atoms with Crippen LogP contribution in [0.15, 0.2) is 0 Å². The quantitative estimate of drug-likeness (QED) is 0.735. The number of hydrogen-bond acceptors (Lipinski definition) is 4. The Hall–Kier alpha value is -0.160. The van der Waals surface area contributed by atoms with Crippen molar-refractivity contribution in [2.24, 2.45) is 0 Å². The van der Waals surface area contributed by atoms with Crippen molar-refractivity contribution < 1.29 is 9.47 Å². The molecule has 0 saturated carbocycles. The number of ether oxygens (including phenoxy) is 2. The molecule has 100 valence electrons. The fraction of sp³-hybridized carbons (Fsp3) is 1.00. The second-order valence-electron chi connectivity index (χ2n) is 5.16. The zero-order chi connectivity index (χ0) is 12.1. The summed E-state index contributed by atoms with van der Waals surface area (Å²) in [5.41, 5.74) is 0. The van der Waals surface area contributed by atoms with Gasteiger partial charge in [0.25, 0.3) is 0 Å². The van der Waals surface area contributed by atoms with Crippen molar-refractivity contribution in [1.82, 2.24) is 10.2 Å². The number of nitrogens with one attached hydrogen (secondary N) is 1. The summed E-state index contributed by atoms with van der Waals surface area (Å²) in [6.45, 7) is 3.27. The molecule has 2 rings (SSSR count). The van der Waals surface area contributed by atoms with Crippen LogP contribution in [0.3, 0.4) is 0 Å². The first-order valence-corrected chi connectivity index (χ1v) is 6.88. The fourth-order valence-corrected chi connectivity index (χ4v) is 3.18. The number of nitrogens with zero attached hydrogens (tertiary/aromatic N) is 1. The van der Waals surface area contributed by atoms with Crippen LogP contribution in [0.4, 0.5) is 0 Å². The molecule has 0 aliphatic carbocycles. The third-order valence-corrected chi connectivity index (χ3v) is 4.14. The van der Waals surface area contributed by atoms with Crippen molar-refractivity contribution in [2.45, 2.75) is 50.5 Å². The smallest absolute Gasteiger partial charge is 0.169 e. The molecule has 0 aromatic rings. The maximum Gasteiger partial charge on any atom is 0.169 e. The Labute approximate surface area is 105 Å². The topological polar surface area (TPSA) is 33.7 Å². The molecule has 1 N–H and O–H groups in total. The monoisotopic (exact) mass is 242 g/mol. The van der Waals surface area contributed by atoms with Gasteiger partial charge in [0, 0.05) is 32.8 Å². The Kier molecular flexibility index (Phi) is 5.22. The van der Waals surface area contributed by atoms with E-state index in [2.05, 4.69) is 10.2 Å². The third-order valence-electron chi connectivity index (χ3n) is 4.14. The molecule has 2 heterocycles. The molecule has 0 aromatic heterocycles. The minimum Gasteiger partial charge on any atom is -0.355 e. The average molecular weight is 242 g/mol. The summed E-state index contributed by atoms with van der Waals surface area (Å²) in [7, 11) is 3.45. The summed E-state index contributed by atoms with van der Waals surface area (Å²) in [6.07, 6.45) is 6.56. The lowest BCUT2D eigenvalue weighted by Crippen LogP contribution is -2.52. The minimum absolute atomic E-state index is 0.0861. The molecule has 0 aromatic carbocycles. The Balaban J connectivity index is 1.91. The molecule has 0 spiro atoms. The van der Waals surface area contributed by atoms with Crippen molar-refractivity contribution >= 4 is 0 Å². The summed E-state index contributed by atoms with van der Waals surface area (Å²) in [5.74, 6) is 0. The SMILES string of the molecule is COC(CN1CCCCC1C1CCCN1)OC. The average Bonchev–Trinajstić information content (AvgIpc) is 2.90. The molecule has 2 unspecified atom stereocenters. The molecule has 2 saturated heterocycles. The zero-order valence-electron chi connectivity index (χ0n) is 11.2. The van der Waals surface area contributed by atoms with E-state index in [-0.39, 0.29) is 6.29 Å². The van der Waals surface area contributed by atoms with E-state index in [1.54, 1.807) is 14.2 Å². The van der Waals surface area contributed by atoms with Crippen LogP contribution >= 0.6 is 0 Å². The highest BCUT2D eigenvalue weighted by Gasteiger charge is 2.32. The van der Waals surface area contributed by atoms with Gasteiger partial charge in [-0.15, -0.1) is 0 Å². The standard InChI is InChI=1S/C13H26N2O2/c1-16-13(17-2)10-15-9-4-3-7-12(15)11-6-5-8-14-11/h11-14H,3-10H2,1-2H3. The molecular weight excluding hydrogens is 216 g/mol. The van der Waals surface area contributed by atoms with Gasteiger partial charge in [0.2, 0.25) is 0 Å². The lowest BCUT2D eigenvalue weighted by Gasteiger charge is -2.40. The number of rotatable bonds is 5. The van der Waals surface area contributed by atoms with E-state index in [0.29, 0.717) is 12.1 Å². The van der Waals surface area contributed by atoms with E-state index in [1.807, 2.05) is 0 Å². The van der Waals surface area contributed by atoms with Crippen molar-refractivity contribution in [3.8, 4) is 0 Å². The van der Waals surface area contributed by atoms with Crippen molar-refractivity contribution in [2.75, 3.05) is 33.9 Å². The van der Waals surface area contributed by atoms with Gasteiger partial charge in [0.15, 0.2) is 6.29 Å². The van der Waals surface area contributed by atoms with Gasteiger partial charge in [0.05, 0.1) is 0 Å². The summed E-state index contributed by atoms with van der Waals surface area (Å²) in [6, 6.07) is 1.36. The van der Waals surface area contributed by atoms with Crippen LogP contribution in [0.5, 0.6) is 0 Å². The second-order valence-corrected chi connectivity index (χ2v) is 5.16. The van der Waals surface area contributed by atoms with Crippen LogP contribution in [0.25, 0.3) is 0 Å². The van der Waals surface area contributed by atoms with Gasteiger partial charge in [-0.3, -0.25) is 4.90 Å². The van der Waals surface area contributed by atoms with E-state index >= 15 is 0 Å². The Bertz CT molecular complexity index is 215. The molecule has 0 bridgehead atoms. The maximum absolute atomic E-state index is 5.33. The Morgan fingerprint density at radius 3 is 2.65 bits per heavy atom. The van der Waals surface area contributed by atoms with E-state index < -0.39 is 0 Å². The van der Waals surface area contributed by atoms with Crippen LogP contribution in [-0.4, -0.2) is 57.1 Å². The molecule has 0 radical (unpaired) electrons. The van der Waals surface area contributed by atoms with E-state index in [1.165, 1.54) is 45.2 Å². The molecule has 2 aliphatic heterocycles. The molecular formula is C13H26N2O2. The van der Waals surface area contributed by atoms with E-state index in [9.17, 15) is 0 Å². The largest absolute Gasteiger partial charge is 0.355 e. The van der Waals surface area contributed by atoms with E-state index in [0.717, 1.165) is 6.54 Å². The summed E-state index contributed by atoms with van der Waals surface area (Å²) >= 11 is 0. The highest BCUT2D eigenvalue weighted by Crippen LogP contribution is 2.24. The second kappa shape index (κ2) is 6.69. The zero-order valence-corrected chi connectivity index (χ0v) is 11.2. The van der Waals surface area contributed by atoms with Crippen LogP contribution in [0, 0.1) is 0 Å². The van der Waals surface area contributed by atoms with Gasteiger partial charge >= 0.3 is 0 Å². The van der Waals surface area contributed by atoms with E-state index in [4.69, 9.17) is 9.47 Å². The van der Waals surface area contributed by atoms with Gasteiger partial charge in [0.1, 0.15) is 0 Å². The molecule has 17 heavy (non-hydrogen) atoms. The Morgan fingerprint density at radius 1 is 1.18 bits per heavy atom. The summed E-state index contributed by atoms with van der Waals surface area (Å²) < 4.78 is 10.7. The highest BCUT2D eigenvalue weighted by molar-refractivity contribution is 4.90. The minimum atomic E-state index is -0.0861. The van der Waals surface area contributed by atoms with Crippen LogP contribution in [0.1, 0.15) is 32.1 Å².